The van der Waals surface area contributed by atoms with Crippen molar-refractivity contribution in [3.8, 4) is 0 Å². The monoisotopic (exact) mass is 353 g/mol. The molecule has 0 aliphatic heterocycles. The van der Waals surface area contributed by atoms with Crippen LogP contribution in [0.15, 0.2) is 53.9 Å². The van der Waals surface area contributed by atoms with Crippen LogP contribution in [0.4, 0.5) is 11.8 Å². The van der Waals surface area contributed by atoms with Crippen molar-refractivity contribution < 1.29 is 5.11 Å². The second-order valence-corrected chi connectivity index (χ2v) is 6.73. The Bertz CT molecular complexity index is 719. The summed E-state index contributed by atoms with van der Waals surface area (Å²) in [5.41, 5.74) is 2.62. The predicted octanol–water partition coefficient (Wildman–Crippen LogP) is 3.73. The van der Waals surface area contributed by atoms with Crippen molar-refractivity contribution in [2.45, 2.75) is 40.0 Å². The number of rotatable bonds is 9. The van der Waals surface area contributed by atoms with Crippen molar-refractivity contribution in [1.82, 2.24) is 9.97 Å². The molecular weight excluding hydrogens is 324 g/mol. The Morgan fingerprint density at radius 1 is 1.38 bits per heavy atom. The molecule has 1 aliphatic rings. The van der Waals surface area contributed by atoms with Crippen LogP contribution in [0.5, 0.6) is 0 Å². The van der Waals surface area contributed by atoms with Crippen molar-refractivity contribution in [2.24, 2.45) is 5.92 Å². The summed E-state index contributed by atoms with van der Waals surface area (Å²) < 4.78 is 0. The van der Waals surface area contributed by atoms with E-state index in [9.17, 15) is 5.11 Å². The highest BCUT2D eigenvalue weighted by Crippen LogP contribution is 2.22. The highest BCUT2D eigenvalue weighted by Gasteiger charge is 2.06. The molecule has 0 fully saturated rings. The standard InChI is InChI=1S/C21H30N4O/c1-5-6-10-22-20-13-17(4)24-21(25-20)23-14-19(26)12-16(3)18-9-7-8-15(2)11-18/h7,9,11-13,15,26H,3,5-6,8,10,14H2,1-2,4H3,(H2,22,23,24,25)/p-1/b19-12-. The summed E-state index contributed by atoms with van der Waals surface area (Å²) in [5, 5.41) is 18.5. The number of nitrogens with zero attached hydrogens (tertiary/aromatic N) is 2. The molecule has 1 unspecified atom stereocenters. The van der Waals surface area contributed by atoms with E-state index in [2.05, 4.69) is 53.2 Å². The van der Waals surface area contributed by atoms with E-state index in [1.807, 2.05) is 19.1 Å². The van der Waals surface area contributed by atoms with Gasteiger partial charge in [0, 0.05) is 24.8 Å². The minimum absolute atomic E-state index is 0.0480. The molecule has 1 atom stereocenters. The Labute approximate surface area is 156 Å². The normalized spacial score (nSPS) is 17.0. The lowest BCUT2D eigenvalue weighted by molar-refractivity contribution is -0.302. The average Bonchev–Trinajstić information content (AvgIpc) is 2.60. The molecule has 2 N–H and O–H groups in total. The van der Waals surface area contributed by atoms with Gasteiger partial charge in [-0.05, 0) is 36.8 Å². The molecule has 1 heterocycles. The van der Waals surface area contributed by atoms with Gasteiger partial charge in [0.05, 0.1) is 0 Å². The van der Waals surface area contributed by atoms with Crippen molar-refractivity contribution in [2.75, 3.05) is 23.7 Å². The zero-order valence-electron chi connectivity index (χ0n) is 16.0. The van der Waals surface area contributed by atoms with Crippen LogP contribution < -0.4 is 15.7 Å². The molecule has 26 heavy (non-hydrogen) atoms. The molecule has 0 radical (unpaired) electrons. The molecule has 0 aromatic carbocycles. The lowest BCUT2D eigenvalue weighted by atomic mass is 9.94. The lowest BCUT2D eigenvalue weighted by Gasteiger charge is -2.17. The number of unbranched alkanes of at least 4 members (excludes halogenated alkanes) is 1. The van der Waals surface area contributed by atoms with E-state index in [1.54, 1.807) is 6.08 Å². The topological polar surface area (TPSA) is 72.9 Å². The first-order valence-corrected chi connectivity index (χ1v) is 9.26. The molecule has 5 nitrogen and oxygen atoms in total. The quantitative estimate of drug-likeness (QED) is 0.402. The summed E-state index contributed by atoms with van der Waals surface area (Å²) in [7, 11) is 0. The first kappa shape index (κ1) is 19.8. The van der Waals surface area contributed by atoms with E-state index in [0.29, 0.717) is 11.9 Å². The Morgan fingerprint density at radius 2 is 2.19 bits per heavy atom. The minimum atomic E-state index is -0.0480. The maximum Gasteiger partial charge on any atom is 0.225 e. The van der Waals surface area contributed by atoms with Gasteiger partial charge in [0.15, 0.2) is 0 Å². The van der Waals surface area contributed by atoms with Crippen LogP contribution in [0, 0.1) is 12.8 Å². The molecule has 1 aromatic heterocycles. The zero-order chi connectivity index (χ0) is 18.9. The molecule has 1 aliphatic carbocycles. The molecule has 0 saturated carbocycles. The van der Waals surface area contributed by atoms with E-state index in [-0.39, 0.29) is 12.3 Å². The second kappa shape index (κ2) is 9.80. The van der Waals surface area contributed by atoms with Crippen molar-refractivity contribution in [1.29, 1.82) is 0 Å². The molecule has 0 saturated heterocycles. The Kier molecular flexibility index (Phi) is 7.45. The molecule has 0 bridgehead atoms. The fraction of sp³-hybridized carbons (Fsp3) is 0.429. The molecule has 2 rings (SSSR count). The van der Waals surface area contributed by atoms with E-state index in [0.717, 1.165) is 48.5 Å². The first-order valence-electron chi connectivity index (χ1n) is 9.26. The summed E-state index contributed by atoms with van der Waals surface area (Å²) in [4.78, 5) is 8.75. The van der Waals surface area contributed by atoms with Crippen molar-refractivity contribution in [3.05, 3.63) is 59.5 Å². The van der Waals surface area contributed by atoms with Gasteiger partial charge in [0.1, 0.15) is 5.82 Å². The van der Waals surface area contributed by atoms with Gasteiger partial charge in [-0.2, -0.15) is 4.98 Å². The van der Waals surface area contributed by atoms with Crippen LogP contribution in [0.1, 0.15) is 38.8 Å². The Morgan fingerprint density at radius 3 is 2.92 bits per heavy atom. The Hall–Kier alpha value is -2.56. The van der Waals surface area contributed by atoms with Gasteiger partial charge >= 0.3 is 0 Å². The zero-order valence-corrected chi connectivity index (χ0v) is 16.0. The van der Waals surface area contributed by atoms with Crippen LogP contribution >= 0.6 is 0 Å². The van der Waals surface area contributed by atoms with Crippen LogP contribution in [0.2, 0.25) is 0 Å². The van der Waals surface area contributed by atoms with Crippen LogP contribution in [-0.2, 0) is 0 Å². The molecular formula is C21H29N4O-. The number of anilines is 2. The smallest absolute Gasteiger partial charge is 0.225 e. The number of allylic oxidation sites excluding steroid dienone is 6. The molecule has 5 heteroatoms. The highest BCUT2D eigenvalue weighted by molar-refractivity contribution is 5.47. The fourth-order valence-electron chi connectivity index (χ4n) is 2.68. The number of aromatic nitrogens is 2. The third-order valence-corrected chi connectivity index (χ3v) is 4.09. The van der Waals surface area contributed by atoms with Crippen LogP contribution in [0.3, 0.4) is 0 Å². The third-order valence-electron chi connectivity index (χ3n) is 4.09. The lowest BCUT2D eigenvalue weighted by Crippen LogP contribution is -2.17. The second-order valence-electron chi connectivity index (χ2n) is 6.73. The van der Waals surface area contributed by atoms with Crippen molar-refractivity contribution >= 4 is 11.8 Å². The number of aryl methyl sites for hydroxylation is 1. The number of hydrogen-bond acceptors (Lipinski definition) is 5. The van der Waals surface area contributed by atoms with Gasteiger partial charge in [-0.1, -0.05) is 51.2 Å². The molecule has 1 aromatic rings. The third kappa shape index (κ3) is 6.39. The van der Waals surface area contributed by atoms with Crippen LogP contribution in [-0.4, -0.2) is 23.1 Å². The van der Waals surface area contributed by atoms with E-state index >= 15 is 0 Å². The van der Waals surface area contributed by atoms with Gasteiger partial charge in [0.25, 0.3) is 0 Å². The van der Waals surface area contributed by atoms with Gasteiger partial charge in [-0.15, -0.1) is 5.76 Å². The van der Waals surface area contributed by atoms with E-state index < -0.39 is 0 Å². The summed E-state index contributed by atoms with van der Waals surface area (Å²) in [6.07, 6.45) is 11.1. The molecule has 0 amide bonds. The van der Waals surface area contributed by atoms with Crippen molar-refractivity contribution in [3.63, 3.8) is 0 Å². The maximum atomic E-state index is 12.2. The van der Waals surface area contributed by atoms with Gasteiger partial charge in [-0.3, -0.25) is 0 Å². The summed E-state index contributed by atoms with van der Waals surface area (Å²) >= 11 is 0. The largest absolute Gasteiger partial charge is 0.874 e. The first-order chi connectivity index (χ1) is 12.5. The minimum Gasteiger partial charge on any atom is -0.874 e. The van der Waals surface area contributed by atoms with E-state index in [1.165, 1.54) is 0 Å². The predicted molar refractivity (Wildman–Crippen MR) is 107 cm³/mol. The number of hydrogen-bond donors (Lipinski definition) is 2. The summed E-state index contributed by atoms with van der Waals surface area (Å²) in [5.74, 6) is 1.67. The van der Waals surface area contributed by atoms with Gasteiger partial charge in [0.2, 0.25) is 5.95 Å². The van der Waals surface area contributed by atoms with E-state index in [4.69, 9.17) is 0 Å². The summed E-state index contributed by atoms with van der Waals surface area (Å²) in [6.45, 7) is 11.2. The highest BCUT2D eigenvalue weighted by atomic mass is 16.3. The van der Waals surface area contributed by atoms with Crippen LogP contribution in [0.25, 0.3) is 0 Å². The van der Waals surface area contributed by atoms with Gasteiger partial charge in [-0.25, -0.2) is 4.98 Å². The molecule has 0 spiro atoms. The SMILES string of the molecule is C=C(/C=C(\[O-])CNc1nc(C)cc(NCCCC)n1)C1=CC(C)CC=C1. The fourth-order valence-corrected chi connectivity index (χ4v) is 2.68. The Balaban J connectivity index is 1.94. The molecule has 140 valence electrons. The number of nitrogens with one attached hydrogen (secondary N) is 2. The average molecular weight is 353 g/mol. The summed E-state index contributed by atoms with van der Waals surface area (Å²) in [6, 6.07) is 1.90. The maximum absolute atomic E-state index is 12.2. The van der Waals surface area contributed by atoms with Gasteiger partial charge < -0.3 is 15.7 Å².